The average Bonchev–Trinajstić information content (AvgIpc) is 2.99. The van der Waals surface area contributed by atoms with Gasteiger partial charge in [-0.3, -0.25) is 9.78 Å². The van der Waals surface area contributed by atoms with E-state index in [1.54, 1.807) is 6.92 Å². The topological polar surface area (TPSA) is 51.0 Å². The van der Waals surface area contributed by atoms with Gasteiger partial charge in [0.1, 0.15) is 11.3 Å². The highest BCUT2D eigenvalue weighted by Crippen LogP contribution is 2.67. The van der Waals surface area contributed by atoms with E-state index in [1.165, 1.54) is 24.8 Å². The average molecular weight is 296 g/mol. The lowest BCUT2D eigenvalue weighted by atomic mass is 9.53. The van der Waals surface area contributed by atoms with Crippen molar-refractivity contribution in [1.82, 2.24) is 19.4 Å². The van der Waals surface area contributed by atoms with Gasteiger partial charge in [-0.1, -0.05) is 0 Å². The van der Waals surface area contributed by atoms with E-state index in [0.29, 0.717) is 23.5 Å². The zero-order valence-corrected chi connectivity index (χ0v) is 13.0. The van der Waals surface area contributed by atoms with Crippen LogP contribution in [0.25, 0.3) is 11.0 Å². The lowest BCUT2D eigenvalue weighted by Gasteiger charge is -2.68. The summed E-state index contributed by atoms with van der Waals surface area (Å²) in [5, 5.41) is 0. The van der Waals surface area contributed by atoms with E-state index in [1.807, 2.05) is 12.4 Å². The smallest absolute Gasteiger partial charge is 0.219 e. The number of nitrogens with zero attached hydrogens (tertiary/aromatic N) is 4. The maximum absolute atomic E-state index is 11.9. The molecule has 2 aliphatic carbocycles. The van der Waals surface area contributed by atoms with Crippen LogP contribution in [-0.4, -0.2) is 37.4 Å². The SMILES string of the molecule is CC(=O)N1C2CCC23CC(n2c(C)nc4cnccc42)CC13. The number of carbonyl (C=O) groups is 1. The summed E-state index contributed by atoms with van der Waals surface area (Å²) in [6.07, 6.45) is 8.43. The van der Waals surface area contributed by atoms with Crippen LogP contribution in [0.4, 0.5) is 0 Å². The molecule has 2 aromatic rings. The number of carbonyl (C=O) groups excluding carboxylic acids is 1. The first-order chi connectivity index (χ1) is 10.6. The fourth-order valence-electron chi connectivity index (χ4n) is 5.53. The molecule has 1 saturated heterocycles. The molecule has 3 fully saturated rings. The predicted molar refractivity (Wildman–Crippen MR) is 82.3 cm³/mol. The molecule has 3 heterocycles. The third kappa shape index (κ3) is 1.29. The third-order valence-corrected chi connectivity index (χ3v) is 6.39. The van der Waals surface area contributed by atoms with Gasteiger partial charge in [0.15, 0.2) is 0 Å². The number of likely N-dealkylation sites (tertiary alicyclic amines) is 1. The number of pyridine rings is 1. The Balaban J connectivity index is 1.55. The fraction of sp³-hybridized carbons (Fsp3) is 0.588. The van der Waals surface area contributed by atoms with Crippen molar-refractivity contribution in [1.29, 1.82) is 0 Å². The van der Waals surface area contributed by atoms with Crippen molar-refractivity contribution in [2.75, 3.05) is 0 Å². The lowest BCUT2D eigenvalue weighted by molar-refractivity contribution is -0.196. The Hall–Kier alpha value is -1.91. The number of piperidine rings is 1. The summed E-state index contributed by atoms with van der Waals surface area (Å²) in [6, 6.07) is 3.49. The molecular weight excluding hydrogens is 276 g/mol. The number of fused-ring (bicyclic) bond motifs is 1. The Morgan fingerprint density at radius 2 is 2.27 bits per heavy atom. The predicted octanol–water partition coefficient (Wildman–Crippen LogP) is 2.45. The number of hydrogen-bond acceptors (Lipinski definition) is 3. The minimum absolute atomic E-state index is 0.252. The van der Waals surface area contributed by atoms with Crippen molar-refractivity contribution in [3.8, 4) is 0 Å². The lowest BCUT2D eigenvalue weighted by Crippen LogP contribution is -2.75. The van der Waals surface area contributed by atoms with Crippen LogP contribution >= 0.6 is 0 Å². The minimum Gasteiger partial charge on any atom is -0.336 e. The molecule has 1 aliphatic heterocycles. The van der Waals surface area contributed by atoms with E-state index in [-0.39, 0.29) is 5.91 Å². The van der Waals surface area contributed by atoms with Crippen molar-refractivity contribution in [3.05, 3.63) is 24.3 Å². The van der Waals surface area contributed by atoms with Gasteiger partial charge in [0.2, 0.25) is 5.91 Å². The van der Waals surface area contributed by atoms with Crippen molar-refractivity contribution < 1.29 is 4.79 Å². The molecule has 3 aliphatic rings. The highest BCUT2D eigenvalue weighted by Gasteiger charge is 2.70. The maximum Gasteiger partial charge on any atom is 0.219 e. The van der Waals surface area contributed by atoms with Crippen molar-refractivity contribution in [3.63, 3.8) is 0 Å². The molecule has 1 amide bonds. The Morgan fingerprint density at radius 3 is 3.00 bits per heavy atom. The molecule has 0 radical (unpaired) electrons. The molecule has 0 aromatic carbocycles. The van der Waals surface area contributed by atoms with Gasteiger partial charge < -0.3 is 9.47 Å². The van der Waals surface area contributed by atoms with Crippen LogP contribution < -0.4 is 0 Å². The van der Waals surface area contributed by atoms with Gasteiger partial charge in [0.05, 0.1) is 11.7 Å². The molecule has 5 rings (SSSR count). The van der Waals surface area contributed by atoms with E-state index in [9.17, 15) is 4.79 Å². The van der Waals surface area contributed by atoms with Crippen molar-refractivity contribution >= 4 is 16.9 Å². The molecule has 5 nitrogen and oxygen atoms in total. The van der Waals surface area contributed by atoms with E-state index < -0.39 is 0 Å². The molecule has 5 heteroatoms. The van der Waals surface area contributed by atoms with Gasteiger partial charge in [-0.15, -0.1) is 0 Å². The Morgan fingerprint density at radius 1 is 1.41 bits per heavy atom. The fourth-order valence-corrected chi connectivity index (χ4v) is 5.53. The van der Waals surface area contributed by atoms with Gasteiger partial charge in [0, 0.05) is 36.7 Å². The second-order valence-electron chi connectivity index (χ2n) is 7.22. The van der Waals surface area contributed by atoms with Crippen LogP contribution in [-0.2, 0) is 4.79 Å². The second-order valence-corrected chi connectivity index (χ2v) is 7.22. The number of aryl methyl sites for hydroxylation is 1. The molecule has 2 saturated carbocycles. The first kappa shape index (κ1) is 12.6. The first-order valence-corrected chi connectivity index (χ1v) is 8.19. The normalized spacial score (nSPS) is 35.7. The van der Waals surface area contributed by atoms with Crippen LogP contribution in [0.3, 0.4) is 0 Å². The zero-order chi connectivity index (χ0) is 15.1. The standard InChI is InChI=1S/C17H20N4O/c1-10-19-13-9-18-6-4-14(13)20(10)12-7-16-17(8-12)5-3-15(17)21(16)11(2)22/h4,6,9,12,15-16H,3,5,7-8H2,1-2H3. The maximum atomic E-state index is 11.9. The molecule has 0 bridgehead atoms. The largest absolute Gasteiger partial charge is 0.336 e. The summed E-state index contributed by atoms with van der Waals surface area (Å²) >= 11 is 0. The monoisotopic (exact) mass is 296 g/mol. The molecule has 4 atom stereocenters. The van der Waals surface area contributed by atoms with Gasteiger partial charge in [-0.25, -0.2) is 4.98 Å². The Labute approximate surface area is 129 Å². The summed E-state index contributed by atoms with van der Waals surface area (Å²) in [7, 11) is 0. The first-order valence-electron chi connectivity index (χ1n) is 8.19. The highest BCUT2D eigenvalue weighted by atomic mass is 16.2. The molecule has 114 valence electrons. The van der Waals surface area contributed by atoms with Crippen LogP contribution in [0.5, 0.6) is 0 Å². The van der Waals surface area contributed by atoms with Gasteiger partial charge >= 0.3 is 0 Å². The van der Waals surface area contributed by atoms with E-state index >= 15 is 0 Å². The molecular formula is C17H20N4O. The summed E-state index contributed by atoms with van der Waals surface area (Å²) in [4.78, 5) is 22.9. The summed E-state index contributed by atoms with van der Waals surface area (Å²) in [5.41, 5.74) is 2.57. The van der Waals surface area contributed by atoms with Crippen molar-refractivity contribution in [2.45, 2.75) is 57.7 Å². The summed E-state index contributed by atoms with van der Waals surface area (Å²) in [5.74, 6) is 1.32. The highest BCUT2D eigenvalue weighted by molar-refractivity contribution is 5.77. The molecule has 4 unspecified atom stereocenters. The number of hydrogen-bond donors (Lipinski definition) is 0. The van der Waals surface area contributed by atoms with Crippen LogP contribution in [0, 0.1) is 12.3 Å². The number of aromatic nitrogens is 3. The third-order valence-electron chi connectivity index (χ3n) is 6.39. The van der Waals surface area contributed by atoms with E-state index in [0.717, 1.165) is 17.8 Å². The Kier molecular flexibility index (Phi) is 2.23. The number of rotatable bonds is 1. The molecule has 1 spiro atoms. The van der Waals surface area contributed by atoms with Gasteiger partial charge in [0.25, 0.3) is 0 Å². The number of imidazole rings is 1. The van der Waals surface area contributed by atoms with Gasteiger partial charge in [-0.2, -0.15) is 0 Å². The second kappa shape index (κ2) is 3.89. The molecule has 22 heavy (non-hydrogen) atoms. The van der Waals surface area contributed by atoms with Crippen LogP contribution in [0.15, 0.2) is 18.5 Å². The summed E-state index contributed by atoms with van der Waals surface area (Å²) in [6.45, 7) is 3.80. The van der Waals surface area contributed by atoms with E-state index in [4.69, 9.17) is 0 Å². The molecule has 0 N–H and O–H groups in total. The zero-order valence-electron chi connectivity index (χ0n) is 13.0. The summed E-state index contributed by atoms with van der Waals surface area (Å²) < 4.78 is 2.39. The van der Waals surface area contributed by atoms with Crippen molar-refractivity contribution in [2.24, 2.45) is 5.41 Å². The Bertz CT molecular complexity index is 797. The minimum atomic E-state index is 0.252. The quantitative estimate of drug-likeness (QED) is 0.812. The molecule has 2 aromatic heterocycles. The van der Waals surface area contributed by atoms with E-state index in [2.05, 4.69) is 32.4 Å². The number of amides is 1. The van der Waals surface area contributed by atoms with Gasteiger partial charge in [-0.05, 0) is 38.7 Å². The van der Waals surface area contributed by atoms with Crippen LogP contribution in [0.1, 0.15) is 44.5 Å². The van der Waals surface area contributed by atoms with Crippen LogP contribution in [0.2, 0.25) is 0 Å².